The third-order valence-corrected chi connectivity index (χ3v) is 5.31. The van der Waals surface area contributed by atoms with E-state index in [9.17, 15) is 9.59 Å². The van der Waals surface area contributed by atoms with Crippen molar-refractivity contribution in [1.29, 1.82) is 0 Å². The van der Waals surface area contributed by atoms with Gasteiger partial charge in [-0.25, -0.2) is 4.90 Å². The van der Waals surface area contributed by atoms with Crippen LogP contribution in [0.5, 0.6) is 11.5 Å². The van der Waals surface area contributed by atoms with E-state index in [1.54, 1.807) is 25.3 Å². The minimum absolute atomic E-state index is 0.140. The molecule has 0 spiro atoms. The lowest BCUT2D eigenvalue weighted by molar-refractivity contribution is -0.121. The first-order valence-electron chi connectivity index (χ1n) is 10.1. The first-order chi connectivity index (χ1) is 14.6. The zero-order valence-corrected chi connectivity index (χ0v) is 17.1. The smallest absolute Gasteiger partial charge is 0.251 e. The zero-order chi connectivity index (χ0) is 21.1. The van der Waals surface area contributed by atoms with Crippen molar-refractivity contribution in [1.82, 2.24) is 10.3 Å². The molecule has 0 saturated carbocycles. The zero-order valence-electron chi connectivity index (χ0n) is 17.1. The highest BCUT2D eigenvalue weighted by Crippen LogP contribution is 2.32. The summed E-state index contributed by atoms with van der Waals surface area (Å²) in [5, 5.41) is 4.34. The van der Waals surface area contributed by atoms with Gasteiger partial charge in [0.2, 0.25) is 5.91 Å². The van der Waals surface area contributed by atoms with E-state index >= 15 is 0 Å². The Bertz CT molecular complexity index is 1080. The highest BCUT2D eigenvalue weighted by Gasteiger charge is 2.40. The molecule has 156 valence electrons. The number of carbonyl (C=O) groups excluding carboxylic acids is 2. The minimum Gasteiger partial charge on any atom is -0.497 e. The number of carbonyl (C=O) groups is 2. The molecule has 7 nitrogen and oxygen atoms in total. The molecule has 2 aromatic carbocycles. The number of anilines is 1. The second kappa shape index (κ2) is 8.59. The van der Waals surface area contributed by atoms with Crippen molar-refractivity contribution in [2.45, 2.75) is 25.8 Å². The molecule has 1 fully saturated rings. The first kappa shape index (κ1) is 20.0. The number of aromatic amines is 1. The Morgan fingerprint density at radius 2 is 2.03 bits per heavy atom. The maximum absolute atomic E-state index is 12.9. The van der Waals surface area contributed by atoms with Crippen molar-refractivity contribution in [3.05, 3.63) is 54.2 Å². The van der Waals surface area contributed by atoms with Gasteiger partial charge >= 0.3 is 0 Å². The second-order valence-corrected chi connectivity index (χ2v) is 7.15. The molecule has 1 atom stereocenters. The summed E-state index contributed by atoms with van der Waals surface area (Å²) in [6, 6.07) is 12.5. The SMILES string of the molecule is CCOc1ccccc1N1C(=O)CC(NCCc2c[nH]c3ccc(OC)cc23)C1=O. The molecule has 1 unspecified atom stereocenters. The number of hydrogen-bond acceptors (Lipinski definition) is 5. The molecule has 7 heteroatoms. The Kier molecular flexibility index (Phi) is 5.72. The number of rotatable bonds is 8. The molecule has 2 heterocycles. The van der Waals surface area contributed by atoms with Crippen molar-refractivity contribution in [2.75, 3.05) is 25.2 Å². The van der Waals surface area contributed by atoms with Gasteiger partial charge in [-0.1, -0.05) is 12.1 Å². The fourth-order valence-corrected chi connectivity index (χ4v) is 3.84. The van der Waals surface area contributed by atoms with Crippen molar-refractivity contribution in [2.24, 2.45) is 0 Å². The molecule has 1 aromatic heterocycles. The van der Waals surface area contributed by atoms with Crippen LogP contribution in [0, 0.1) is 0 Å². The lowest BCUT2D eigenvalue weighted by atomic mass is 10.1. The van der Waals surface area contributed by atoms with Crippen LogP contribution in [0.15, 0.2) is 48.7 Å². The predicted molar refractivity (Wildman–Crippen MR) is 115 cm³/mol. The van der Waals surface area contributed by atoms with E-state index in [0.717, 1.165) is 28.6 Å². The number of aromatic nitrogens is 1. The summed E-state index contributed by atoms with van der Waals surface area (Å²) < 4.78 is 10.9. The lowest BCUT2D eigenvalue weighted by Gasteiger charge is -2.18. The Hall–Kier alpha value is -3.32. The van der Waals surface area contributed by atoms with Gasteiger partial charge in [-0.2, -0.15) is 0 Å². The van der Waals surface area contributed by atoms with E-state index in [0.29, 0.717) is 24.6 Å². The van der Waals surface area contributed by atoms with Crippen LogP contribution in [0.2, 0.25) is 0 Å². The molecule has 30 heavy (non-hydrogen) atoms. The number of H-pyrrole nitrogens is 1. The normalized spacial score (nSPS) is 16.5. The van der Waals surface area contributed by atoms with Crippen molar-refractivity contribution in [3.63, 3.8) is 0 Å². The molecule has 1 aliphatic rings. The van der Waals surface area contributed by atoms with E-state index in [1.807, 2.05) is 37.4 Å². The molecule has 3 aromatic rings. The number of amides is 2. The monoisotopic (exact) mass is 407 g/mol. The van der Waals surface area contributed by atoms with Crippen LogP contribution in [0.1, 0.15) is 18.9 Å². The average Bonchev–Trinajstić information content (AvgIpc) is 3.28. The molecule has 1 saturated heterocycles. The Balaban J connectivity index is 1.43. The third-order valence-electron chi connectivity index (χ3n) is 5.31. The Morgan fingerprint density at radius 3 is 2.83 bits per heavy atom. The van der Waals surface area contributed by atoms with Crippen LogP contribution < -0.4 is 19.7 Å². The number of fused-ring (bicyclic) bond motifs is 1. The molecule has 2 amide bonds. The highest BCUT2D eigenvalue weighted by atomic mass is 16.5. The Morgan fingerprint density at radius 1 is 1.20 bits per heavy atom. The van der Waals surface area contributed by atoms with Gasteiger partial charge in [0.15, 0.2) is 0 Å². The molecule has 0 bridgehead atoms. The maximum atomic E-state index is 12.9. The van der Waals surface area contributed by atoms with Gasteiger partial charge in [0.05, 0.1) is 31.9 Å². The number of ether oxygens (including phenoxy) is 2. The summed E-state index contributed by atoms with van der Waals surface area (Å²) in [6.45, 7) is 2.91. The molecule has 0 aliphatic carbocycles. The van der Waals surface area contributed by atoms with Gasteiger partial charge in [-0.3, -0.25) is 9.59 Å². The lowest BCUT2D eigenvalue weighted by Crippen LogP contribution is -2.39. The van der Waals surface area contributed by atoms with E-state index in [1.165, 1.54) is 4.90 Å². The van der Waals surface area contributed by atoms with Gasteiger partial charge in [-0.05, 0) is 49.2 Å². The van der Waals surface area contributed by atoms with E-state index in [4.69, 9.17) is 9.47 Å². The van der Waals surface area contributed by atoms with Crippen molar-refractivity contribution < 1.29 is 19.1 Å². The van der Waals surface area contributed by atoms with Crippen LogP contribution in [0.3, 0.4) is 0 Å². The summed E-state index contributed by atoms with van der Waals surface area (Å²) in [5.41, 5.74) is 2.67. The number of para-hydroxylation sites is 2. The minimum atomic E-state index is -0.535. The molecular weight excluding hydrogens is 382 g/mol. The topological polar surface area (TPSA) is 83.7 Å². The number of benzene rings is 2. The second-order valence-electron chi connectivity index (χ2n) is 7.15. The molecule has 0 radical (unpaired) electrons. The third kappa shape index (κ3) is 3.76. The largest absolute Gasteiger partial charge is 0.497 e. The Labute approximate surface area is 175 Å². The van der Waals surface area contributed by atoms with Crippen LogP contribution in [-0.4, -0.2) is 43.1 Å². The van der Waals surface area contributed by atoms with Crippen LogP contribution in [-0.2, 0) is 16.0 Å². The summed E-state index contributed by atoms with van der Waals surface area (Å²) in [7, 11) is 1.65. The predicted octanol–water partition coefficient (Wildman–Crippen LogP) is 3.04. The van der Waals surface area contributed by atoms with Crippen LogP contribution >= 0.6 is 0 Å². The van der Waals surface area contributed by atoms with Crippen LogP contribution in [0.25, 0.3) is 10.9 Å². The average molecular weight is 407 g/mol. The van der Waals surface area contributed by atoms with Gasteiger partial charge in [0.1, 0.15) is 11.5 Å². The molecule has 4 rings (SSSR count). The highest BCUT2D eigenvalue weighted by molar-refractivity contribution is 6.23. The van der Waals surface area contributed by atoms with E-state index in [-0.39, 0.29) is 18.2 Å². The molecule has 2 N–H and O–H groups in total. The fourth-order valence-electron chi connectivity index (χ4n) is 3.84. The summed E-state index contributed by atoms with van der Waals surface area (Å²) in [5.74, 6) is 0.876. The summed E-state index contributed by atoms with van der Waals surface area (Å²) >= 11 is 0. The number of methoxy groups -OCH3 is 1. The number of hydrogen-bond donors (Lipinski definition) is 2. The van der Waals surface area contributed by atoms with Gasteiger partial charge < -0.3 is 19.8 Å². The number of nitrogens with zero attached hydrogens (tertiary/aromatic N) is 1. The quantitative estimate of drug-likeness (QED) is 0.561. The number of nitrogens with one attached hydrogen (secondary N) is 2. The molecule has 1 aliphatic heterocycles. The van der Waals surface area contributed by atoms with Crippen LogP contribution in [0.4, 0.5) is 5.69 Å². The van der Waals surface area contributed by atoms with Crippen molar-refractivity contribution >= 4 is 28.4 Å². The molecular formula is C23H25N3O4. The summed E-state index contributed by atoms with van der Waals surface area (Å²) in [4.78, 5) is 30.0. The first-order valence-corrected chi connectivity index (χ1v) is 10.1. The maximum Gasteiger partial charge on any atom is 0.251 e. The number of imide groups is 1. The van der Waals surface area contributed by atoms with E-state index < -0.39 is 6.04 Å². The summed E-state index contributed by atoms with van der Waals surface area (Å²) in [6.07, 6.45) is 2.83. The van der Waals surface area contributed by atoms with Gasteiger partial charge in [0, 0.05) is 23.6 Å². The fraction of sp³-hybridized carbons (Fsp3) is 0.304. The van der Waals surface area contributed by atoms with Gasteiger partial charge in [-0.15, -0.1) is 0 Å². The van der Waals surface area contributed by atoms with Gasteiger partial charge in [0.25, 0.3) is 5.91 Å². The van der Waals surface area contributed by atoms with Crippen molar-refractivity contribution in [3.8, 4) is 11.5 Å². The van der Waals surface area contributed by atoms with E-state index in [2.05, 4.69) is 10.3 Å². The standard InChI is InChI=1S/C23H25N3O4/c1-3-30-21-7-5-4-6-20(21)26-22(27)13-19(23(26)28)24-11-10-15-14-25-18-9-8-16(29-2)12-17(15)18/h4-9,12,14,19,24-25H,3,10-11,13H2,1-2H3.